The van der Waals surface area contributed by atoms with Crippen molar-refractivity contribution < 1.29 is 0 Å². The summed E-state index contributed by atoms with van der Waals surface area (Å²) in [5.74, 6) is 0. The van der Waals surface area contributed by atoms with E-state index in [1.54, 1.807) is 0 Å². The summed E-state index contributed by atoms with van der Waals surface area (Å²) in [5.41, 5.74) is 11.2. The van der Waals surface area contributed by atoms with Crippen LogP contribution < -0.4 is 10.6 Å². The number of hydrogen-bond acceptors (Lipinski definition) is 3. The topological polar surface area (TPSA) is 42.2 Å². The highest BCUT2D eigenvalue weighted by Crippen LogP contribution is 2.27. The molecular weight excluding hydrogens is 234 g/mol. The van der Waals surface area contributed by atoms with Gasteiger partial charge in [0.25, 0.3) is 0 Å². The molecule has 1 aliphatic heterocycles. The van der Waals surface area contributed by atoms with E-state index in [0.29, 0.717) is 0 Å². The minimum atomic E-state index is 0.215. The van der Waals surface area contributed by atoms with Gasteiger partial charge in [-0.2, -0.15) is 0 Å². The lowest BCUT2D eigenvalue weighted by Crippen LogP contribution is -2.43. The first kappa shape index (κ1) is 12.2. The molecule has 0 fully saturated rings. The largest absolute Gasteiger partial charge is 0.365 e. The second-order valence-corrected chi connectivity index (χ2v) is 5.22. The van der Waals surface area contributed by atoms with Crippen LogP contribution in [0, 0.1) is 6.92 Å². The van der Waals surface area contributed by atoms with E-state index in [4.69, 9.17) is 5.73 Å². The number of benzene rings is 1. The van der Waals surface area contributed by atoms with Crippen molar-refractivity contribution in [2.45, 2.75) is 25.9 Å². The van der Waals surface area contributed by atoms with E-state index in [9.17, 15) is 0 Å². The van der Waals surface area contributed by atoms with Crippen molar-refractivity contribution >= 4 is 5.69 Å². The first-order valence-corrected chi connectivity index (χ1v) is 6.73. The molecule has 2 heterocycles. The lowest BCUT2D eigenvalue weighted by atomic mass is 9.98. The molecule has 0 amide bonds. The van der Waals surface area contributed by atoms with Gasteiger partial charge in [-0.05, 0) is 36.6 Å². The Kier molecular flexibility index (Phi) is 3.22. The highest BCUT2D eigenvalue weighted by atomic mass is 15.2. The zero-order chi connectivity index (χ0) is 13.2. The van der Waals surface area contributed by atoms with Crippen molar-refractivity contribution in [3.8, 4) is 0 Å². The van der Waals surface area contributed by atoms with E-state index >= 15 is 0 Å². The fraction of sp³-hybridized carbons (Fsp3) is 0.312. The molecule has 2 aromatic rings. The fourth-order valence-corrected chi connectivity index (χ4v) is 2.76. The molecule has 0 spiro atoms. The van der Waals surface area contributed by atoms with Gasteiger partial charge in [0, 0.05) is 36.7 Å². The van der Waals surface area contributed by atoms with Crippen LogP contribution in [0.4, 0.5) is 5.69 Å². The van der Waals surface area contributed by atoms with Crippen molar-refractivity contribution in [2.24, 2.45) is 5.73 Å². The molecule has 0 bridgehead atoms. The monoisotopic (exact) mass is 253 g/mol. The standard InChI is InChI=1S/C16H19N3/c1-12-14(6-4-8-18-12)10-19-11-15(17)9-13-5-2-3-7-16(13)19/h2-8,15H,9-11,17H2,1H3. The minimum Gasteiger partial charge on any atom is -0.365 e. The highest BCUT2D eigenvalue weighted by molar-refractivity contribution is 5.56. The Balaban J connectivity index is 1.91. The van der Waals surface area contributed by atoms with Crippen LogP contribution in [-0.2, 0) is 13.0 Å². The molecule has 2 N–H and O–H groups in total. The Labute approximate surface area is 114 Å². The maximum absolute atomic E-state index is 6.17. The number of para-hydroxylation sites is 1. The number of pyridine rings is 1. The third-order valence-corrected chi connectivity index (χ3v) is 3.75. The molecule has 0 saturated carbocycles. The van der Waals surface area contributed by atoms with Crippen molar-refractivity contribution in [3.05, 3.63) is 59.4 Å². The SMILES string of the molecule is Cc1ncccc1CN1CC(N)Cc2ccccc21. The van der Waals surface area contributed by atoms with E-state index in [2.05, 4.69) is 47.1 Å². The van der Waals surface area contributed by atoms with Crippen molar-refractivity contribution in [2.75, 3.05) is 11.4 Å². The number of rotatable bonds is 2. The zero-order valence-corrected chi connectivity index (χ0v) is 11.2. The molecule has 3 nitrogen and oxygen atoms in total. The Hall–Kier alpha value is -1.87. The summed E-state index contributed by atoms with van der Waals surface area (Å²) < 4.78 is 0. The fourth-order valence-electron chi connectivity index (χ4n) is 2.76. The highest BCUT2D eigenvalue weighted by Gasteiger charge is 2.21. The zero-order valence-electron chi connectivity index (χ0n) is 11.2. The maximum Gasteiger partial charge on any atom is 0.0448 e. The average molecular weight is 253 g/mol. The van der Waals surface area contributed by atoms with E-state index in [-0.39, 0.29) is 6.04 Å². The molecule has 0 saturated heterocycles. The second kappa shape index (κ2) is 5.02. The number of anilines is 1. The normalized spacial score (nSPS) is 18.2. The minimum absolute atomic E-state index is 0.215. The molecule has 1 aromatic heterocycles. The first-order valence-electron chi connectivity index (χ1n) is 6.73. The summed E-state index contributed by atoms with van der Waals surface area (Å²) >= 11 is 0. The quantitative estimate of drug-likeness (QED) is 0.893. The molecule has 98 valence electrons. The van der Waals surface area contributed by atoms with Crippen LogP contribution >= 0.6 is 0 Å². The molecule has 3 rings (SSSR count). The molecule has 19 heavy (non-hydrogen) atoms. The van der Waals surface area contributed by atoms with E-state index in [1.165, 1.54) is 16.8 Å². The maximum atomic E-state index is 6.17. The van der Waals surface area contributed by atoms with E-state index in [0.717, 1.165) is 25.2 Å². The molecule has 0 aliphatic carbocycles. The third-order valence-electron chi connectivity index (χ3n) is 3.75. The lowest BCUT2D eigenvalue weighted by molar-refractivity contribution is 0.597. The Morgan fingerprint density at radius 3 is 2.95 bits per heavy atom. The summed E-state index contributed by atoms with van der Waals surface area (Å²) in [5, 5.41) is 0. The predicted molar refractivity (Wildman–Crippen MR) is 78.1 cm³/mol. The molecule has 3 heteroatoms. The van der Waals surface area contributed by atoms with E-state index in [1.807, 2.05) is 12.3 Å². The van der Waals surface area contributed by atoms with Gasteiger partial charge in [-0.25, -0.2) is 0 Å². The van der Waals surface area contributed by atoms with Crippen LogP contribution in [0.15, 0.2) is 42.6 Å². The molecule has 1 atom stereocenters. The summed E-state index contributed by atoms with van der Waals surface area (Å²) in [4.78, 5) is 6.73. The van der Waals surface area contributed by atoms with Gasteiger partial charge in [0.2, 0.25) is 0 Å². The van der Waals surface area contributed by atoms with Gasteiger partial charge in [-0.15, -0.1) is 0 Å². The van der Waals surface area contributed by atoms with Crippen LogP contribution in [0.2, 0.25) is 0 Å². The molecule has 1 unspecified atom stereocenters. The van der Waals surface area contributed by atoms with Crippen LogP contribution in [0.1, 0.15) is 16.8 Å². The second-order valence-electron chi connectivity index (χ2n) is 5.22. The lowest BCUT2D eigenvalue weighted by Gasteiger charge is -2.35. The Morgan fingerprint density at radius 2 is 2.11 bits per heavy atom. The van der Waals surface area contributed by atoms with Crippen LogP contribution in [-0.4, -0.2) is 17.6 Å². The predicted octanol–water partition coefficient (Wildman–Crippen LogP) is 2.28. The molecule has 1 aliphatic rings. The molecule has 0 radical (unpaired) electrons. The Bertz CT molecular complexity index is 580. The number of nitrogens with two attached hydrogens (primary N) is 1. The molecular formula is C16H19N3. The number of nitrogens with zero attached hydrogens (tertiary/aromatic N) is 2. The van der Waals surface area contributed by atoms with Crippen molar-refractivity contribution in [1.29, 1.82) is 0 Å². The van der Waals surface area contributed by atoms with Crippen LogP contribution in [0.5, 0.6) is 0 Å². The smallest absolute Gasteiger partial charge is 0.0448 e. The van der Waals surface area contributed by atoms with Gasteiger partial charge in [0.15, 0.2) is 0 Å². The van der Waals surface area contributed by atoms with Gasteiger partial charge in [-0.3, -0.25) is 4.98 Å². The summed E-state index contributed by atoms with van der Waals surface area (Å²) in [6.07, 6.45) is 2.81. The van der Waals surface area contributed by atoms with Crippen LogP contribution in [0.25, 0.3) is 0 Å². The Morgan fingerprint density at radius 1 is 1.26 bits per heavy atom. The first-order chi connectivity index (χ1) is 9.24. The number of fused-ring (bicyclic) bond motifs is 1. The van der Waals surface area contributed by atoms with E-state index < -0.39 is 0 Å². The number of hydrogen-bond donors (Lipinski definition) is 1. The van der Waals surface area contributed by atoms with Crippen molar-refractivity contribution in [1.82, 2.24) is 4.98 Å². The third kappa shape index (κ3) is 2.47. The molecule has 1 aromatic carbocycles. The van der Waals surface area contributed by atoms with Crippen LogP contribution in [0.3, 0.4) is 0 Å². The van der Waals surface area contributed by atoms with Gasteiger partial charge in [0.1, 0.15) is 0 Å². The summed E-state index contributed by atoms with van der Waals surface area (Å²) in [6.45, 7) is 3.85. The summed E-state index contributed by atoms with van der Waals surface area (Å²) in [6, 6.07) is 12.9. The van der Waals surface area contributed by atoms with Gasteiger partial charge >= 0.3 is 0 Å². The average Bonchev–Trinajstić information content (AvgIpc) is 2.41. The van der Waals surface area contributed by atoms with Gasteiger partial charge in [-0.1, -0.05) is 24.3 Å². The van der Waals surface area contributed by atoms with Gasteiger partial charge in [0.05, 0.1) is 0 Å². The summed E-state index contributed by atoms with van der Waals surface area (Å²) in [7, 11) is 0. The van der Waals surface area contributed by atoms with Crippen molar-refractivity contribution in [3.63, 3.8) is 0 Å². The number of aromatic nitrogens is 1. The van der Waals surface area contributed by atoms with Gasteiger partial charge < -0.3 is 10.6 Å². The number of aryl methyl sites for hydroxylation is 1.